The van der Waals surface area contributed by atoms with E-state index in [9.17, 15) is 44.6 Å². The van der Waals surface area contributed by atoms with Crippen LogP contribution in [0.5, 0.6) is 0 Å². The van der Waals surface area contributed by atoms with Gasteiger partial charge < -0.3 is 39.9 Å². The van der Waals surface area contributed by atoms with Crippen LogP contribution in [0.2, 0.25) is 0 Å². The van der Waals surface area contributed by atoms with Gasteiger partial charge in [0.15, 0.2) is 6.10 Å². The van der Waals surface area contributed by atoms with Gasteiger partial charge in [-0.15, -0.1) is 0 Å². The van der Waals surface area contributed by atoms with Gasteiger partial charge in [-0.05, 0) is 38.5 Å². The average Bonchev–Trinajstić information content (AvgIpc) is 3.18. The molecule has 1 saturated carbocycles. The Labute approximate surface area is 337 Å². The number of esters is 2. The van der Waals surface area contributed by atoms with E-state index in [1.807, 2.05) is 0 Å². The number of aliphatic hydroxyl groups excluding tert-OH is 5. The number of unbranched alkanes of at least 4 members (excludes halogenated alkanes) is 22. The van der Waals surface area contributed by atoms with E-state index in [1.54, 1.807) is 0 Å². The minimum Gasteiger partial charge on any atom is -0.462 e. The molecule has 0 heterocycles. The van der Waals surface area contributed by atoms with Gasteiger partial charge in [0.2, 0.25) is 0 Å². The first-order chi connectivity index (χ1) is 26.9. The smallest absolute Gasteiger partial charge is 0.462 e. The van der Waals surface area contributed by atoms with Gasteiger partial charge in [0, 0.05) is 12.8 Å². The van der Waals surface area contributed by atoms with Gasteiger partial charge in [-0.2, -0.15) is 0 Å². The lowest BCUT2D eigenvalue weighted by atomic mass is 9.85. The molecule has 0 bridgehead atoms. The molecule has 0 spiro atoms. The predicted octanol–water partition coefficient (Wildman–Crippen LogP) is 7.89. The molecule has 1 aliphatic carbocycles. The van der Waals surface area contributed by atoms with Crippen molar-refractivity contribution < 1.29 is 63.1 Å². The summed E-state index contributed by atoms with van der Waals surface area (Å²) in [6.45, 7) is 3.27. The van der Waals surface area contributed by atoms with Crippen molar-refractivity contribution in [3.8, 4) is 0 Å². The van der Waals surface area contributed by atoms with Crippen LogP contribution >= 0.6 is 7.82 Å². The predicted molar refractivity (Wildman–Crippen MR) is 217 cm³/mol. The minimum absolute atomic E-state index is 0.0954. The maximum atomic E-state index is 12.8. The largest absolute Gasteiger partial charge is 0.472 e. The van der Waals surface area contributed by atoms with Gasteiger partial charge in [0.1, 0.15) is 43.2 Å². The van der Waals surface area contributed by atoms with E-state index >= 15 is 0 Å². The summed E-state index contributed by atoms with van der Waals surface area (Å²) in [7, 11) is -5.11. The zero-order valence-corrected chi connectivity index (χ0v) is 35.6. The van der Waals surface area contributed by atoms with E-state index in [0.717, 1.165) is 57.8 Å². The highest BCUT2D eigenvalue weighted by Gasteiger charge is 2.51. The Bertz CT molecular complexity index is 1040. The van der Waals surface area contributed by atoms with Gasteiger partial charge >= 0.3 is 19.8 Å². The number of hydrogen-bond acceptors (Lipinski definition) is 12. The third-order valence-corrected chi connectivity index (χ3v) is 11.3. The Hall–Kier alpha value is -1.41. The summed E-state index contributed by atoms with van der Waals surface area (Å²) >= 11 is 0. The third-order valence-electron chi connectivity index (χ3n) is 10.4. The quantitative estimate of drug-likeness (QED) is 0.0154. The molecule has 0 aliphatic heterocycles. The summed E-state index contributed by atoms with van der Waals surface area (Å²) in [5, 5.41) is 50.0. The Morgan fingerprint density at radius 3 is 1.38 bits per heavy atom. The average molecular weight is 823 g/mol. The second-order valence-corrected chi connectivity index (χ2v) is 17.0. The summed E-state index contributed by atoms with van der Waals surface area (Å²) in [5.74, 6) is -1.10. The van der Waals surface area contributed by atoms with E-state index in [4.69, 9.17) is 18.5 Å². The van der Waals surface area contributed by atoms with Crippen LogP contribution in [-0.2, 0) is 32.7 Å². The number of phosphoric ester groups is 1. The fraction of sp³-hybridized carbons (Fsp3) is 0.905. The zero-order valence-electron chi connectivity index (χ0n) is 34.7. The van der Waals surface area contributed by atoms with Crippen LogP contribution in [0.25, 0.3) is 0 Å². The first-order valence-corrected chi connectivity index (χ1v) is 23.5. The summed E-state index contributed by atoms with van der Waals surface area (Å²) in [6.07, 6.45) is 19.8. The summed E-state index contributed by atoms with van der Waals surface area (Å²) < 4.78 is 33.4. The molecule has 0 aromatic carbocycles. The highest BCUT2D eigenvalue weighted by Crippen LogP contribution is 2.47. The number of ether oxygens (including phenoxy) is 2. The van der Waals surface area contributed by atoms with Gasteiger partial charge in [-0.1, -0.05) is 148 Å². The molecule has 1 fully saturated rings. The fourth-order valence-electron chi connectivity index (χ4n) is 6.75. The Morgan fingerprint density at radius 2 is 0.911 bits per heavy atom. The molecule has 0 saturated heterocycles. The van der Waals surface area contributed by atoms with Crippen molar-refractivity contribution in [3.63, 3.8) is 0 Å². The number of allylic oxidation sites excluding steroid dienone is 2. The molecule has 56 heavy (non-hydrogen) atoms. The van der Waals surface area contributed by atoms with Crippen molar-refractivity contribution >= 4 is 19.8 Å². The normalized spacial score (nSPS) is 22.9. The monoisotopic (exact) mass is 823 g/mol. The van der Waals surface area contributed by atoms with Crippen LogP contribution < -0.4 is 0 Å². The van der Waals surface area contributed by atoms with E-state index in [1.165, 1.54) is 89.9 Å². The molecule has 1 aliphatic rings. The zero-order chi connectivity index (χ0) is 41.4. The van der Waals surface area contributed by atoms with E-state index in [0.29, 0.717) is 12.8 Å². The van der Waals surface area contributed by atoms with Crippen molar-refractivity contribution in [3.05, 3.63) is 12.2 Å². The number of carbonyl (C=O) groups excluding carboxylic acids is 2. The van der Waals surface area contributed by atoms with Crippen LogP contribution in [0.3, 0.4) is 0 Å². The van der Waals surface area contributed by atoms with Crippen LogP contribution in [0, 0.1) is 0 Å². The Kier molecular flexibility index (Phi) is 31.4. The number of rotatable bonds is 36. The highest BCUT2D eigenvalue weighted by atomic mass is 31.2. The Balaban J connectivity index is 2.48. The van der Waals surface area contributed by atoms with Crippen LogP contribution in [0.15, 0.2) is 12.2 Å². The maximum absolute atomic E-state index is 12.8. The Morgan fingerprint density at radius 1 is 0.536 bits per heavy atom. The number of aliphatic hydroxyl groups is 5. The van der Waals surface area contributed by atoms with Crippen LogP contribution in [0.4, 0.5) is 0 Å². The highest BCUT2D eigenvalue weighted by molar-refractivity contribution is 7.47. The molecular formula is C42H79O13P. The molecule has 1 rings (SSSR count). The molecule has 0 aromatic rings. The van der Waals surface area contributed by atoms with Crippen molar-refractivity contribution in [2.75, 3.05) is 13.2 Å². The van der Waals surface area contributed by atoms with Crippen molar-refractivity contribution in [1.82, 2.24) is 0 Å². The van der Waals surface area contributed by atoms with E-state index in [2.05, 4.69) is 26.0 Å². The van der Waals surface area contributed by atoms with Crippen LogP contribution in [0.1, 0.15) is 187 Å². The first-order valence-electron chi connectivity index (χ1n) is 22.0. The van der Waals surface area contributed by atoms with Crippen LogP contribution in [-0.4, -0.2) is 98.3 Å². The van der Waals surface area contributed by atoms with Gasteiger partial charge in [-0.3, -0.25) is 18.6 Å². The number of carbonyl (C=O) groups is 2. The second kappa shape index (κ2) is 33.4. The molecule has 13 nitrogen and oxygen atoms in total. The molecule has 6 N–H and O–H groups in total. The third kappa shape index (κ3) is 25.8. The summed E-state index contributed by atoms with van der Waals surface area (Å²) in [5.41, 5.74) is 0. The fourth-order valence-corrected chi connectivity index (χ4v) is 7.73. The lowest BCUT2D eigenvalue weighted by Gasteiger charge is -2.41. The van der Waals surface area contributed by atoms with Gasteiger partial charge in [0.05, 0.1) is 6.61 Å². The standard InChI is InChI=1S/C42H79O13P/c1-3-5-7-9-11-13-15-17-18-19-21-23-25-27-29-31-36(44)54-34(32-52-35(43)30-28-26-24-22-20-16-14-12-10-8-6-4-2)33-53-56(50,51)55-42-40(48)38(46)37(45)39(47)41(42)49/h13,15,34,37-42,45-49H,3-12,14,16-33H2,1-2H3,(H,50,51)/b15-13+/t34-,37?,38+,39?,40?,41?,42?/m1/s1. The SMILES string of the molecule is CCCCCC/C=C/CCCCCCCCCC(=O)O[C@H](COC(=O)CCCCCCCCCCCCCC)COP(=O)(O)OC1C(O)C(O)C(O)[C@H](O)C1O. The molecule has 0 radical (unpaired) electrons. The molecule has 330 valence electrons. The summed E-state index contributed by atoms with van der Waals surface area (Å²) in [4.78, 5) is 35.6. The van der Waals surface area contributed by atoms with E-state index < -0.39 is 75.7 Å². The number of hydrogen-bond donors (Lipinski definition) is 6. The van der Waals surface area contributed by atoms with Crippen molar-refractivity contribution in [1.29, 1.82) is 0 Å². The number of phosphoric acid groups is 1. The molecular weight excluding hydrogens is 743 g/mol. The van der Waals surface area contributed by atoms with Gasteiger partial charge in [0.25, 0.3) is 0 Å². The molecule has 14 heteroatoms. The lowest BCUT2D eigenvalue weighted by molar-refractivity contribution is -0.220. The van der Waals surface area contributed by atoms with Crippen molar-refractivity contribution in [2.45, 2.75) is 230 Å². The summed E-state index contributed by atoms with van der Waals surface area (Å²) in [6, 6.07) is 0. The van der Waals surface area contributed by atoms with E-state index in [-0.39, 0.29) is 12.8 Å². The minimum atomic E-state index is -5.11. The van der Waals surface area contributed by atoms with Crippen molar-refractivity contribution in [2.24, 2.45) is 0 Å². The molecule has 6 unspecified atom stereocenters. The topological polar surface area (TPSA) is 210 Å². The van der Waals surface area contributed by atoms with Gasteiger partial charge in [-0.25, -0.2) is 4.57 Å². The molecule has 0 aromatic heterocycles. The lowest BCUT2D eigenvalue weighted by Crippen LogP contribution is -2.64. The maximum Gasteiger partial charge on any atom is 0.472 e. The second-order valence-electron chi connectivity index (χ2n) is 15.6. The molecule has 8 atom stereocenters. The molecule has 0 amide bonds. The first kappa shape index (κ1) is 52.6.